The molecule has 0 amide bonds. The number of hydrogen-bond acceptors (Lipinski definition) is 5. The first-order valence-electron chi connectivity index (χ1n) is 9.95. The molecule has 30 heavy (non-hydrogen) atoms. The monoisotopic (exact) mass is 423 g/mol. The third kappa shape index (κ3) is 4.06. The highest BCUT2D eigenvalue weighted by Gasteiger charge is 2.21. The SMILES string of the molecule is N=C(/C(=C\N)c1ccc2ncc(C3CCC(N)CC3)cc2n1)c1cc(Cl)ccc1F. The molecule has 0 saturated heterocycles. The molecule has 0 atom stereocenters. The van der Waals surface area contributed by atoms with Crippen LogP contribution in [-0.4, -0.2) is 21.7 Å². The van der Waals surface area contributed by atoms with Gasteiger partial charge in [0.05, 0.1) is 22.4 Å². The molecule has 7 heteroatoms. The van der Waals surface area contributed by atoms with E-state index in [-0.39, 0.29) is 17.3 Å². The third-order valence-corrected chi connectivity index (χ3v) is 5.95. The lowest BCUT2D eigenvalue weighted by Crippen LogP contribution is -2.25. The van der Waals surface area contributed by atoms with Crippen molar-refractivity contribution in [2.24, 2.45) is 11.5 Å². The number of nitrogens with zero attached hydrogens (tertiary/aromatic N) is 2. The maximum atomic E-state index is 14.3. The van der Waals surface area contributed by atoms with E-state index in [1.54, 1.807) is 6.07 Å². The molecule has 2 heterocycles. The number of benzene rings is 1. The lowest BCUT2D eigenvalue weighted by Gasteiger charge is -2.26. The highest BCUT2D eigenvalue weighted by atomic mass is 35.5. The Hall–Kier alpha value is -2.83. The van der Waals surface area contributed by atoms with Gasteiger partial charge in [-0.1, -0.05) is 11.6 Å². The molecule has 1 aliphatic rings. The van der Waals surface area contributed by atoms with Gasteiger partial charge in [-0.2, -0.15) is 0 Å². The van der Waals surface area contributed by atoms with E-state index >= 15 is 0 Å². The van der Waals surface area contributed by atoms with Gasteiger partial charge < -0.3 is 11.5 Å². The van der Waals surface area contributed by atoms with Crippen LogP contribution in [-0.2, 0) is 0 Å². The second-order valence-electron chi connectivity index (χ2n) is 7.69. The highest BCUT2D eigenvalue weighted by Crippen LogP contribution is 2.33. The molecule has 0 spiro atoms. The van der Waals surface area contributed by atoms with Crippen LogP contribution in [0.2, 0.25) is 5.02 Å². The van der Waals surface area contributed by atoms with Gasteiger partial charge in [0.2, 0.25) is 0 Å². The van der Waals surface area contributed by atoms with E-state index in [0.717, 1.165) is 42.3 Å². The second kappa shape index (κ2) is 8.50. The Kier molecular flexibility index (Phi) is 5.79. The summed E-state index contributed by atoms with van der Waals surface area (Å²) in [6.45, 7) is 0. The van der Waals surface area contributed by atoms with Gasteiger partial charge in [-0.15, -0.1) is 0 Å². The topological polar surface area (TPSA) is 102 Å². The summed E-state index contributed by atoms with van der Waals surface area (Å²) >= 11 is 5.99. The molecule has 0 aliphatic heterocycles. The van der Waals surface area contributed by atoms with Gasteiger partial charge in [0.15, 0.2) is 0 Å². The van der Waals surface area contributed by atoms with Crippen molar-refractivity contribution in [2.45, 2.75) is 37.6 Å². The minimum Gasteiger partial charge on any atom is -0.404 e. The first-order valence-corrected chi connectivity index (χ1v) is 10.3. The lowest BCUT2D eigenvalue weighted by molar-refractivity contribution is 0.395. The number of nitrogens with two attached hydrogens (primary N) is 2. The fraction of sp³-hybridized carbons (Fsp3) is 0.261. The van der Waals surface area contributed by atoms with E-state index in [9.17, 15) is 4.39 Å². The molecule has 2 aromatic heterocycles. The van der Waals surface area contributed by atoms with E-state index in [2.05, 4.69) is 9.97 Å². The summed E-state index contributed by atoms with van der Waals surface area (Å²) in [6, 6.07) is 10.0. The Morgan fingerprint density at radius 2 is 1.87 bits per heavy atom. The van der Waals surface area contributed by atoms with Crippen molar-refractivity contribution in [2.75, 3.05) is 0 Å². The average molecular weight is 424 g/mol. The quantitative estimate of drug-likeness (QED) is 0.525. The van der Waals surface area contributed by atoms with Gasteiger partial charge >= 0.3 is 0 Å². The third-order valence-electron chi connectivity index (χ3n) is 5.71. The van der Waals surface area contributed by atoms with Gasteiger partial charge in [0.25, 0.3) is 0 Å². The van der Waals surface area contributed by atoms with E-state index in [4.69, 9.17) is 28.5 Å². The molecule has 1 saturated carbocycles. The zero-order valence-corrected chi connectivity index (χ0v) is 17.2. The zero-order valence-electron chi connectivity index (χ0n) is 16.4. The summed E-state index contributed by atoms with van der Waals surface area (Å²) in [5.74, 6) is -0.112. The number of allylic oxidation sites excluding steroid dienone is 1. The zero-order chi connectivity index (χ0) is 21.3. The Bertz CT molecular complexity index is 1140. The summed E-state index contributed by atoms with van der Waals surface area (Å²) in [5.41, 5.74) is 15.3. The first-order chi connectivity index (χ1) is 14.5. The predicted octanol–water partition coefficient (Wildman–Crippen LogP) is 4.77. The predicted molar refractivity (Wildman–Crippen MR) is 119 cm³/mol. The number of fused-ring (bicyclic) bond motifs is 1. The van der Waals surface area contributed by atoms with Crippen LogP contribution in [0.3, 0.4) is 0 Å². The summed E-state index contributed by atoms with van der Waals surface area (Å²) in [6.07, 6.45) is 7.30. The second-order valence-corrected chi connectivity index (χ2v) is 8.13. The molecule has 0 bridgehead atoms. The van der Waals surface area contributed by atoms with Crippen molar-refractivity contribution in [1.29, 1.82) is 5.41 Å². The minimum absolute atomic E-state index is 0.0743. The van der Waals surface area contributed by atoms with E-state index in [1.165, 1.54) is 24.4 Å². The summed E-state index contributed by atoms with van der Waals surface area (Å²) in [5, 5.41) is 8.82. The summed E-state index contributed by atoms with van der Waals surface area (Å²) in [4.78, 5) is 9.24. The van der Waals surface area contributed by atoms with E-state index < -0.39 is 5.82 Å². The maximum absolute atomic E-state index is 14.3. The lowest BCUT2D eigenvalue weighted by atomic mass is 9.82. The summed E-state index contributed by atoms with van der Waals surface area (Å²) < 4.78 is 14.3. The van der Waals surface area contributed by atoms with Gasteiger partial charge in [0.1, 0.15) is 5.82 Å². The Morgan fingerprint density at radius 1 is 1.10 bits per heavy atom. The van der Waals surface area contributed by atoms with Crippen molar-refractivity contribution < 1.29 is 4.39 Å². The molecule has 1 aliphatic carbocycles. The fourth-order valence-electron chi connectivity index (χ4n) is 3.98. The highest BCUT2D eigenvalue weighted by molar-refractivity contribution is 6.33. The van der Waals surface area contributed by atoms with Crippen LogP contribution in [0.1, 0.15) is 48.4 Å². The van der Waals surface area contributed by atoms with E-state index in [1.807, 2.05) is 18.3 Å². The number of halogens is 2. The van der Waals surface area contributed by atoms with Crippen LogP contribution in [0.15, 0.2) is 48.8 Å². The minimum atomic E-state index is -0.538. The molecular weight excluding hydrogens is 401 g/mol. The van der Waals surface area contributed by atoms with Gasteiger partial charge in [0, 0.05) is 34.6 Å². The molecule has 1 aromatic carbocycles. The van der Waals surface area contributed by atoms with Crippen molar-refractivity contribution >= 4 is 33.9 Å². The van der Waals surface area contributed by atoms with Crippen molar-refractivity contribution in [3.8, 4) is 0 Å². The molecule has 1 fully saturated rings. The molecule has 3 aromatic rings. The van der Waals surface area contributed by atoms with Gasteiger partial charge in [-0.3, -0.25) is 10.4 Å². The van der Waals surface area contributed by atoms with Crippen LogP contribution in [0.25, 0.3) is 16.6 Å². The molecule has 5 nitrogen and oxygen atoms in total. The fourth-order valence-corrected chi connectivity index (χ4v) is 4.15. The normalized spacial score (nSPS) is 19.8. The number of hydrogen-bond donors (Lipinski definition) is 3. The largest absolute Gasteiger partial charge is 0.404 e. The maximum Gasteiger partial charge on any atom is 0.132 e. The Morgan fingerprint density at radius 3 is 2.60 bits per heavy atom. The van der Waals surface area contributed by atoms with Crippen molar-refractivity contribution in [1.82, 2.24) is 9.97 Å². The van der Waals surface area contributed by atoms with Crippen molar-refractivity contribution in [3.63, 3.8) is 0 Å². The van der Waals surface area contributed by atoms with Crippen molar-refractivity contribution in [3.05, 3.63) is 76.5 Å². The standard InChI is InChI=1S/C23H23ClFN5/c24-15-3-6-19(25)17(10-15)23(28)18(11-26)20-7-8-21-22(30-20)9-14(12-29-21)13-1-4-16(27)5-2-13/h3,6-13,16,28H,1-2,4-5,26-27H2/b18-11-,28-23?. The van der Waals surface area contributed by atoms with Gasteiger partial charge in [-0.25, -0.2) is 9.37 Å². The number of nitrogens with one attached hydrogen (secondary N) is 1. The van der Waals surface area contributed by atoms with Gasteiger partial charge in [-0.05, 0) is 73.6 Å². The Balaban J connectivity index is 1.69. The average Bonchev–Trinajstić information content (AvgIpc) is 2.76. The van der Waals surface area contributed by atoms with Crippen LogP contribution in [0, 0.1) is 11.2 Å². The van der Waals surface area contributed by atoms with Crippen LogP contribution in [0.4, 0.5) is 4.39 Å². The molecular formula is C23H23ClFN5. The van der Waals surface area contributed by atoms with Crippen LogP contribution >= 0.6 is 11.6 Å². The molecule has 0 radical (unpaired) electrons. The molecule has 4 rings (SSSR count). The number of rotatable bonds is 4. The summed E-state index contributed by atoms with van der Waals surface area (Å²) in [7, 11) is 0. The van der Waals surface area contributed by atoms with E-state index in [0.29, 0.717) is 22.2 Å². The molecule has 0 unspecified atom stereocenters. The smallest absolute Gasteiger partial charge is 0.132 e. The first kappa shape index (κ1) is 20.4. The Labute approximate surface area is 179 Å². The molecule has 154 valence electrons. The number of pyridine rings is 2. The van der Waals surface area contributed by atoms with Crippen LogP contribution in [0.5, 0.6) is 0 Å². The molecule has 5 N–H and O–H groups in total. The number of aromatic nitrogens is 2. The van der Waals surface area contributed by atoms with Crippen LogP contribution < -0.4 is 11.5 Å².